The van der Waals surface area contributed by atoms with Gasteiger partial charge in [-0.15, -0.1) is 0 Å². The lowest BCUT2D eigenvalue weighted by molar-refractivity contribution is -0.150. The second kappa shape index (κ2) is 11.7. The van der Waals surface area contributed by atoms with Gasteiger partial charge in [-0.3, -0.25) is 19.3 Å². The summed E-state index contributed by atoms with van der Waals surface area (Å²) in [4.78, 5) is 63.1. The van der Waals surface area contributed by atoms with Crippen LogP contribution in [-0.4, -0.2) is 53.8 Å². The summed E-state index contributed by atoms with van der Waals surface area (Å²) in [6.07, 6.45) is 0. The summed E-state index contributed by atoms with van der Waals surface area (Å²) in [5.41, 5.74) is 0.0931. The summed E-state index contributed by atoms with van der Waals surface area (Å²) in [6, 6.07) is 4.50. The molecule has 9 nitrogen and oxygen atoms in total. The zero-order valence-electron chi connectivity index (χ0n) is 19.7. The van der Waals surface area contributed by atoms with E-state index < -0.39 is 42.3 Å². The van der Waals surface area contributed by atoms with Crippen LogP contribution in [0, 0.1) is 5.92 Å². The molecule has 3 amide bonds. The molecule has 3 rings (SSSR count). The van der Waals surface area contributed by atoms with Crippen molar-refractivity contribution in [2.24, 2.45) is 5.92 Å². The van der Waals surface area contributed by atoms with Crippen LogP contribution in [0.4, 0.5) is 5.69 Å². The number of benzene rings is 2. The Morgan fingerprint density at radius 2 is 1.35 bits per heavy atom. The SMILES string of the molecule is CC(C)COC(=O)c1ccc(NC(=O)COC(=O)[C@H](C)N2C(=O)c3c(Cl)c(Cl)c(Cl)c(Cl)c3C2=O)cc1. The Balaban J connectivity index is 1.60. The molecule has 0 unspecified atom stereocenters. The molecule has 0 aliphatic carbocycles. The van der Waals surface area contributed by atoms with E-state index in [1.165, 1.54) is 31.2 Å². The number of ether oxygens (including phenoxy) is 2. The number of imide groups is 1. The minimum atomic E-state index is -1.42. The van der Waals surface area contributed by atoms with Crippen LogP contribution >= 0.6 is 46.4 Å². The molecule has 37 heavy (non-hydrogen) atoms. The maximum Gasteiger partial charge on any atom is 0.338 e. The highest BCUT2D eigenvalue weighted by Crippen LogP contribution is 2.45. The number of esters is 2. The number of hydrogen-bond acceptors (Lipinski definition) is 7. The molecule has 0 bridgehead atoms. The highest BCUT2D eigenvalue weighted by atomic mass is 35.5. The quantitative estimate of drug-likeness (QED) is 0.192. The fraction of sp³-hybridized carbons (Fsp3) is 0.292. The number of nitrogens with one attached hydrogen (secondary N) is 1. The van der Waals surface area contributed by atoms with Gasteiger partial charge in [0.2, 0.25) is 0 Å². The van der Waals surface area contributed by atoms with Crippen LogP contribution in [0.15, 0.2) is 24.3 Å². The van der Waals surface area contributed by atoms with E-state index in [-0.39, 0.29) is 43.7 Å². The average molecular weight is 590 g/mol. The second-order valence-corrected chi connectivity index (χ2v) is 9.90. The third-order valence-electron chi connectivity index (χ3n) is 5.16. The van der Waals surface area contributed by atoms with Gasteiger partial charge in [-0.25, -0.2) is 9.59 Å². The van der Waals surface area contributed by atoms with Gasteiger partial charge < -0.3 is 14.8 Å². The van der Waals surface area contributed by atoms with E-state index >= 15 is 0 Å². The number of halogens is 4. The van der Waals surface area contributed by atoms with Crippen molar-refractivity contribution in [3.63, 3.8) is 0 Å². The molecule has 196 valence electrons. The van der Waals surface area contributed by atoms with Crippen molar-refractivity contribution in [1.82, 2.24) is 4.90 Å². The molecule has 2 aromatic rings. The fourth-order valence-corrected chi connectivity index (χ4v) is 4.31. The van der Waals surface area contributed by atoms with Crippen LogP contribution in [0.3, 0.4) is 0 Å². The number of carbonyl (C=O) groups is 5. The van der Waals surface area contributed by atoms with Crippen molar-refractivity contribution in [1.29, 1.82) is 0 Å². The highest BCUT2D eigenvalue weighted by Gasteiger charge is 2.45. The Hall–Kier alpha value is -2.85. The predicted octanol–water partition coefficient (Wildman–Crippen LogP) is 5.28. The summed E-state index contributed by atoms with van der Waals surface area (Å²) in [7, 11) is 0. The molecule has 0 saturated carbocycles. The number of nitrogens with zero attached hydrogens (tertiary/aromatic N) is 1. The summed E-state index contributed by atoms with van der Waals surface area (Å²) in [6.45, 7) is 4.64. The van der Waals surface area contributed by atoms with Crippen LogP contribution in [-0.2, 0) is 19.1 Å². The summed E-state index contributed by atoms with van der Waals surface area (Å²) in [5.74, 6) is -3.84. The van der Waals surface area contributed by atoms with E-state index in [0.29, 0.717) is 16.2 Å². The van der Waals surface area contributed by atoms with Crippen molar-refractivity contribution >= 4 is 81.8 Å². The van der Waals surface area contributed by atoms with Crippen LogP contribution in [0.5, 0.6) is 0 Å². The molecule has 1 heterocycles. The third-order valence-corrected chi connectivity index (χ3v) is 6.96. The topological polar surface area (TPSA) is 119 Å². The van der Waals surface area contributed by atoms with E-state index in [0.717, 1.165) is 0 Å². The van der Waals surface area contributed by atoms with E-state index in [1.54, 1.807) is 0 Å². The van der Waals surface area contributed by atoms with Gasteiger partial charge in [0.05, 0.1) is 43.4 Å². The standard InChI is InChI=1S/C24H20Cl4N2O7/c1-10(2)8-36-24(35)12-4-6-13(7-5-12)29-14(31)9-37-23(34)11(3)30-21(32)15-16(22(30)33)18(26)20(28)19(27)17(15)25/h4-7,10-11H,8-9H2,1-3H3,(H,29,31)/t11-/m0/s1. The normalized spacial score (nSPS) is 13.5. The first-order chi connectivity index (χ1) is 17.3. The van der Waals surface area contributed by atoms with Gasteiger partial charge in [-0.2, -0.15) is 0 Å². The van der Waals surface area contributed by atoms with Crippen molar-refractivity contribution < 1.29 is 33.4 Å². The van der Waals surface area contributed by atoms with Crippen LogP contribution in [0.25, 0.3) is 0 Å². The first-order valence-corrected chi connectivity index (χ1v) is 12.3. The van der Waals surface area contributed by atoms with E-state index in [1.807, 2.05) is 13.8 Å². The maximum atomic E-state index is 12.9. The van der Waals surface area contributed by atoms with Gasteiger partial charge in [0.1, 0.15) is 6.04 Å². The van der Waals surface area contributed by atoms with Crippen LogP contribution in [0.1, 0.15) is 51.8 Å². The summed E-state index contributed by atoms with van der Waals surface area (Å²) < 4.78 is 10.1. The van der Waals surface area contributed by atoms with Crippen LogP contribution < -0.4 is 5.32 Å². The molecule has 13 heteroatoms. The van der Waals surface area contributed by atoms with E-state index in [2.05, 4.69) is 5.32 Å². The smallest absolute Gasteiger partial charge is 0.338 e. The molecule has 2 aromatic carbocycles. The van der Waals surface area contributed by atoms with Crippen molar-refractivity contribution in [2.75, 3.05) is 18.5 Å². The molecule has 0 aromatic heterocycles. The number of anilines is 1. The number of fused-ring (bicyclic) bond motifs is 1. The monoisotopic (exact) mass is 588 g/mol. The molecule has 0 radical (unpaired) electrons. The van der Waals surface area contributed by atoms with Gasteiger partial charge in [-0.05, 0) is 37.1 Å². The second-order valence-electron chi connectivity index (χ2n) is 8.39. The first kappa shape index (κ1) is 28.7. The molecule has 1 N–H and O–H groups in total. The highest BCUT2D eigenvalue weighted by molar-refractivity contribution is 6.55. The van der Waals surface area contributed by atoms with Crippen LogP contribution in [0.2, 0.25) is 20.1 Å². The Morgan fingerprint density at radius 3 is 1.84 bits per heavy atom. The largest absolute Gasteiger partial charge is 0.462 e. The van der Waals surface area contributed by atoms with E-state index in [4.69, 9.17) is 55.9 Å². The molecule has 1 aliphatic heterocycles. The number of amides is 3. The van der Waals surface area contributed by atoms with Gasteiger partial charge in [0.15, 0.2) is 6.61 Å². The summed E-state index contributed by atoms with van der Waals surface area (Å²) >= 11 is 24.1. The van der Waals surface area contributed by atoms with Crippen molar-refractivity contribution in [3.8, 4) is 0 Å². The number of rotatable bonds is 8. The van der Waals surface area contributed by atoms with Gasteiger partial charge >= 0.3 is 11.9 Å². The maximum absolute atomic E-state index is 12.9. The van der Waals surface area contributed by atoms with Gasteiger partial charge in [0, 0.05) is 5.69 Å². The van der Waals surface area contributed by atoms with Crippen molar-refractivity contribution in [2.45, 2.75) is 26.8 Å². The minimum Gasteiger partial charge on any atom is -0.462 e. The Kier molecular flexibility index (Phi) is 9.07. The Labute approximate surface area is 231 Å². The Morgan fingerprint density at radius 1 is 0.838 bits per heavy atom. The molecule has 0 saturated heterocycles. The summed E-state index contributed by atoms with van der Waals surface area (Å²) in [5, 5.41) is 1.54. The first-order valence-electron chi connectivity index (χ1n) is 10.8. The van der Waals surface area contributed by atoms with Gasteiger partial charge in [-0.1, -0.05) is 60.3 Å². The average Bonchev–Trinajstić information content (AvgIpc) is 3.12. The molecule has 0 spiro atoms. The number of hydrogen-bond donors (Lipinski definition) is 1. The predicted molar refractivity (Wildman–Crippen MR) is 138 cm³/mol. The number of carbonyl (C=O) groups excluding carboxylic acids is 5. The third kappa shape index (κ3) is 6.01. The fourth-order valence-electron chi connectivity index (χ4n) is 3.29. The molecule has 0 fully saturated rings. The Bertz CT molecular complexity index is 1250. The molecule has 1 aliphatic rings. The lowest BCUT2D eigenvalue weighted by atomic mass is 10.1. The minimum absolute atomic E-state index is 0.192. The zero-order valence-corrected chi connectivity index (χ0v) is 22.7. The molecular formula is C24H20Cl4N2O7. The van der Waals surface area contributed by atoms with Crippen molar-refractivity contribution in [3.05, 3.63) is 61.0 Å². The lowest BCUT2D eigenvalue weighted by Gasteiger charge is -2.20. The van der Waals surface area contributed by atoms with Gasteiger partial charge in [0.25, 0.3) is 17.7 Å². The lowest BCUT2D eigenvalue weighted by Crippen LogP contribution is -2.44. The van der Waals surface area contributed by atoms with E-state index in [9.17, 15) is 24.0 Å². The molecular weight excluding hydrogens is 570 g/mol. The zero-order chi connectivity index (χ0) is 27.6. The molecule has 1 atom stereocenters.